The highest BCUT2D eigenvalue weighted by Crippen LogP contribution is 2.33. The molecule has 1 unspecified atom stereocenters. The number of ether oxygens (including phenoxy) is 1. The average Bonchev–Trinajstić information content (AvgIpc) is 2.72. The number of halogens is 2. The Labute approximate surface area is 93.4 Å². The summed E-state index contributed by atoms with van der Waals surface area (Å²) in [6, 6.07) is 4.77. The number of rotatable bonds is 2. The second-order valence-electron chi connectivity index (χ2n) is 3.75. The van der Waals surface area contributed by atoms with Gasteiger partial charge in [0.1, 0.15) is 11.4 Å². The average molecular weight is 230 g/mol. The van der Waals surface area contributed by atoms with Crippen molar-refractivity contribution in [2.24, 2.45) is 0 Å². The summed E-state index contributed by atoms with van der Waals surface area (Å²) < 4.78 is 18.6. The molecule has 1 aliphatic heterocycles. The Morgan fingerprint density at radius 3 is 2.87 bits per heavy atom. The molecule has 1 fully saturated rings. The standard InChI is InChI=1S/C11H13ClFNO/c1-15-11(4-5-14-7-11)8-2-3-10(13)9(12)6-8/h2-3,6,14H,4-5,7H2,1H3. The quantitative estimate of drug-likeness (QED) is 0.841. The van der Waals surface area contributed by atoms with Crippen molar-refractivity contribution in [3.63, 3.8) is 0 Å². The minimum atomic E-state index is -0.391. The van der Waals surface area contributed by atoms with Crippen molar-refractivity contribution < 1.29 is 9.13 Å². The van der Waals surface area contributed by atoms with Crippen LogP contribution in [-0.4, -0.2) is 20.2 Å². The van der Waals surface area contributed by atoms with Crippen LogP contribution in [0.15, 0.2) is 18.2 Å². The molecule has 1 aliphatic rings. The van der Waals surface area contributed by atoms with Gasteiger partial charge in [0.15, 0.2) is 0 Å². The van der Waals surface area contributed by atoms with Gasteiger partial charge in [-0.3, -0.25) is 0 Å². The summed E-state index contributed by atoms with van der Waals surface area (Å²) in [4.78, 5) is 0. The van der Waals surface area contributed by atoms with Gasteiger partial charge in [-0.25, -0.2) is 4.39 Å². The van der Waals surface area contributed by atoms with Crippen LogP contribution in [0.25, 0.3) is 0 Å². The molecule has 2 nitrogen and oxygen atoms in total. The smallest absolute Gasteiger partial charge is 0.141 e. The van der Waals surface area contributed by atoms with Gasteiger partial charge in [-0.2, -0.15) is 0 Å². The molecule has 15 heavy (non-hydrogen) atoms. The van der Waals surface area contributed by atoms with Gasteiger partial charge in [-0.15, -0.1) is 0 Å². The van der Waals surface area contributed by atoms with E-state index in [0.717, 1.165) is 25.1 Å². The molecule has 0 amide bonds. The van der Waals surface area contributed by atoms with Crippen molar-refractivity contribution in [1.82, 2.24) is 5.32 Å². The molecule has 0 radical (unpaired) electrons. The number of nitrogens with one attached hydrogen (secondary N) is 1. The van der Waals surface area contributed by atoms with E-state index in [1.165, 1.54) is 6.07 Å². The van der Waals surface area contributed by atoms with E-state index in [0.29, 0.717) is 0 Å². The lowest BCUT2D eigenvalue weighted by molar-refractivity contribution is 0.00321. The molecule has 2 rings (SSSR count). The lowest BCUT2D eigenvalue weighted by Gasteiger charge is -2.27. The van der Waals surface area contributed by atoms with Gasteiger partial charge in [0.05, 0.1) is 5.02 Å². The fourth-order valence-electron chi connectivity index (χ4n) is 1.99. The van der Waals surface area contributed by atoms with Gasteiger partial charge < -0.3 is 10.1 Å². The van der Waals surface area contributed by atoms with Crippen LogP contribution in [0.5, 0.6) is 0 Å². The van der Waals surface area contributed by atoms with Crippen molar-refractivity contribution in [3.05, 3.63) is 34.6 Å². The van der Waals surface area contributed by atoms with Gasteiger partial charge in [0, 0.05) is 13.7 Å². The second kappa shape index (κ2) is 4.08. The highest BCUT2D eigenvalue weighted by Gasteiger charge is 2.35. The highest BCUT2D eigenvalue weighted by atomic mass is 35.5. The van der Waals surface area contributed by atoms with Crippen molar-refractivity contribution in [1.29, 1.82) is 0 Å². The van der Waals surface area contributed by atoms with Crippen LogP contribution in [0.2, 0.25) is 5.02 Å². The first-order chi connectivity index (χ1) is 7.18. The number of hydrogen-bond acceptors (Lipinski definition) is 2. The third-order valence-electron chi connectivity index (χ3n) is 2.95. The predicted molar refractivity (Wildman–Crippen MR) is 57.6 cm³/mol. The first-order valence-corrected chi connectivity index (χ1v) is 5.27. The van der Waals surface area contributed by atoms with E-state index in [9.17, 15) is 4.39 Å². The van der Waals surface area contributed by atoms with Crippen LogP contribution >= 0.6 is 11.6 Å². The van der Waals surface area contributed by atoms with Gasteiger partial charge in [-0.05, 0) is 30.7 Å². The maximum Gasteiger partial charge on any atom is 0.141 e. The summed E-state index contributed by atoms with van der Waals surface area (Å²) in [7, 11) is 1.67. The molecule has 1 aromatic rings. The van der Waals surface area contributed by atoms with E-state index in [4.69, 9.17) is 16.3 Å². The lowest BCUT2D eigenvalue weighted by Crippen LogP contribution is -2.31. The highest BCUT2D eigenvalue weighted by molar-refractivity contribution is 6.30. The maximum absolute atomic E-state index is 13.0. The largest absolute Gasteiger partial charge is 0.372 e. The summed E-state index contributed by atoms with van der Waals surface area (Å²) in [6.07, 6.45) is 0.880. The summed E-state index contributed by atoms with van der Waals surface area (Å²) in [6.45, 7) is 1.65. The molecule has 4 heteroatoms. The van der Waals surface area contributed by atoms with E-state index < -0.39 is 5.82 Å². The SMILES string of the molecule is COC1(c2ccc(F)c(Cl)c2)CCNC1. The van der Waals surface area contributed by atoms with E-state index in [1.54, 1.807) is 19.2 Å². The zero-order valence-electron chi connectivity index (χ0n) is 8.52. The molecular formula is C11H13ClFNO. The first kappa shape index (κ1) is 10.9. The van der Waals surface area contributed by atoms with Crippen LogP contribution in [0.1, 0.15) is 12.0 Å². The monoisotopic (exact) mass is 229 g/mol. The van der Waals surface area contributed by atoms with Crippen LogP contribution < -0.4 is 5.32 Å². The van der Waals surface area contributed by atoms with E-state index in [-0.39, 0.29) is 10.6 Å². The predicted octanol–water partition coefficient (Wildman–Crippen LogP) is 2.31. The van der Waals surface area contributed by atoms with E-state index >= 15 is 0 Å². The fourth-order valence-corrected chi connectivity index (χ4v) is 2.17. The number of hydrogen-bond donors (Lipinski definition) is 1. The number of methoxy groups -OCH3 is 1. The Balaban J connectivity index is 2.38. The van der Waals surface area contributed by atoms with Gasteiger partial charge in [0.2, 0.25) is 0 Å². The molecule has 0 aliphatic carbocycles. The van der Waals surface area contributed by atoms with Gasteiger partial charge in [0.25, 0.3) is 0 Å². The molecule has 0 aromatic heterocycles. The fraction of sp³-hybridized carbons (Fsp3) is 0.455. The Kier molecular flexibility index (Phi) is 2.96. The Morgan fingerprint density at radius 2 is 2.33 bits per heavy atom. The number of benzene rings is 1. The first-order valence-electron chi connectivity index (χ1n) is 4.89. The Hall–Kier alpha value is -0.640. The van der Waals surface area contributed by atoms with Crippen LogP contribution in [0, 0.1) is 5.82 Å². The lowest BCUT2D eigenvalue weighted by atomic mass is 9.93. The summed E-state index contributed by atoms with van der Waals surface area (Å²) >= 11 is 5.76. The molecule has 1 atom stereocenters. The normalized spacial score (nSPS) is 25.8. The summed E-state index contributed by atoms with van der Waals surface area (Å²) in [5, 5.41) is 3.38. The molecule has 1 aromatic carbocycles. The minimum Gasteiger partial charge on any atom is -0.372 e. The molecule has 0 saturated carbocycles. The topological polar surface area (TPSA) is 21.3 Å². The molecule has 1 N–H and O–H groups in total. The molecule has 1 saturated heterocycles. The Bertz CT molecular complexity index is 364. The third-order valence-corrected chi connectivity index (χ3v) is 3.24. The Morgan fingerprint density at radius 1 is 1.53 bits per heavy atom. The summed E-state index contributed by atoms with van der Waals surface area (Å²) in [5.74, 6) is -0.391. The second-order valence-corrected chi connectivity index (χ2v) is 4.16. The molecule has 0 bridgehead atoms. The molecule has 0 spiro atoms. The zero-order valence-corrected chi connectivity index (χ0v) is 9.27. The zero-order chi connectivity index (χ0) is 10.9. The van der Waals surface area contributed by atoms with Crippen LogP contribution in [0.3, 0.4) is 0 Å². The van der Waals surface area contributed by atoms with Crippen molar-refractivity contribution >= 4 is 11.6 Å². The maximum atomic E-state index is 13.0. The van der Waals surface area contributed by atoms with Crippen molar-refractivity contribution in [2.75, 3.05) is 20.2 Å². The van der Waals surface area contributed by atoms with Crippen molar-refractivity contribution in [3.8, 4) is 0 Å². The van der Waals surface area contributed by atoms with Crippen LogP contribution in [-0.2, 0) is 10.3 Å². The molecule has 1 heterocycles. The minimum absolute atomic E-state index is 0.149. The summed E-state index contributed by atoms with van der Waals surface area (Å²) in [5.41, 5.74) is 0.582. The van der Waals surface area contributed by atoms with Crippen molar-refractivity contribution in [2.45, 2.75) is 12.0 Å². The molecule has 82 valence electrons. The van der Waals surface area contributed by atoms with E-state index in [1.807, 2.05) is 0 Å². The molecular weight excluding hydrogens is 217 g/mol. The third kappa shape index (κ3) is 1.87. The van der Waals surface area contributed by atoms with E-state index in [2.05, 4.69) is 5.32 Å². The van der Waals surface area contributed by atoms with Gasteiger partial charge >= 0.3 is 0 Å². The van der Waals surface area contributed by atoms with Gasteiger partial charge in [-0.1, -0.05) is 17.7 Å². The van der Waals surface area contributed by atoms with Crippen LogP contribution in [0.4, 0.5) is 4.39 Å².